The average molecular weight is 488 g/mol. The standard InChI is InChI=1S/C27H25N3O4S/c1-18-7-10-21(11-8-18)29-27-30(16-20-9-12-22-23(13-20)34-17-33-22)26(32)24(35-27)14-25(31)28-15-19-5-3-2-4-6-19/h2-13,24H,14-17H2,1H3,(H,28,31). The molecule has 0 bridgehead atoms. The summed E-state index contributed by atoms with van der Waals surface area (Å²) in [5.74, 6) is 1.06. The number of hydrogen-bond donors (Lipinski definition) is 1. The quantitative estimate of drug-likeness (QED) is 0.528. The third-order valence-corrected chi connectivity index (χ3v) is 6.94. The Morgan fingerprint density at radius 1 is 1.03 bits per heavy atom. The summed E-state index contributed by atoms with van der Waals surface area (Å²) >= 11 is 1.33. The Hall–Kier alpha value is -3.78. The van der Waals surface area contributed by atoms with Gasteiger partial charge < -0.3 is 14.8 Å². The number of ether oxygens (including phenoxy) is 2. The molecule has 2 aliphatic rings. The summed E-state index contributed by atoms with van der Waals surface area (Å²) in [5.41, 5.74) is 3.80. The molecule has 1 fully saturated rings. The highest BCUT2D eigenvalue weighted by atomic mass is 32.2. The summed E-state index contributed by atoms with van der Waals surface area (Å²) in [6, 6.07) is 23.1. The van der Waals surface area contributed by atoms with Crippen molar-refractivity contribution in [2.24, 2.45) is 4.99 Å². The van der Waals surface area contributed by atoms with Crippen LogP contribution in [0.25, 0.3) is 0 Å². The minimum Gasteiger partial charge on any atom is -0.454 e. The predicted octanol–water partition coefficient (Wildman–Crippen LogP) is 4.56. The Balaban J connectivity index is 1.33. The van der Waals surface area contributed by atoms with Gasteiger partial charge in [0.25, 0.3) is 0 Å². The Labute approximate surface area is 208 Å². The maximum absolute atomic E-state index is 13.4. The lowest BCUT2D eigenvalue weighted by Crippen LogP contribution is -2.34. The summed E-state index contributed by atoms with van der Waals surface area (Å²) in [6.07, 6.45) is 0.0842. The topological polar surface area (TPSA) is 80.2 Å². The van der Waals surface area contributed by atoms with E-state index in [9.17, 15) is 9.59 Å². The minimum absolute atomic E-state index is 0.0842. The monoisotopic (exact) mass is 487 g/mol. The van der Waals surface area contributed by atoms with Gasteiger partial charge in [0.05, 0.1) is 12.2 Å². The lowest BCUT2D eigenvalue weighted by molar-refractivity contribution is -0.129. The van der Waals surface area contributed by atoms with Gasteiger partial charge in [-0.25, -0.2) is 4.99 Å². The number of carbonyl (C=O) groups excluding carboxylic acids is 2. The summed E-state index contributed by atoms with van der Waals surface area (Å²) in [7, 11) is 0. The van der Waals surface area contributed by atoms with Crippen molar-refractivity contribution in [1.82, 2.24) is 10.2 Å². The van der Waals surface area contributed by atoms with Crippen LogP contribution in [-0.4, -0.2) is 33.9 Å². The van der Waals surface area contributed by atoms with Crippen molar-refractivity contribution in [2.45, 2.75) is 31.7 Å². The van der Waals surface area contributed by atoms with Crippen LogP contribution in [0.3, 0.4) is 0 Å². The number of fused-ring (bicyclic) bond motifs is 1. The van der Waals surface area contributed by atoms with E-state index in [0.717, 1.165) is 22.4 Å². The van der Waals surface area contributed by atoms with Crippen LogP contribution in [-0.2, 0) is 22.7 Å². The van der Waals surface area contributed by atoms with Gasteiger partial charge in [0.1, 0.15) is 5.25 Å². The van der Waals surface area contributed by atoms with E-state index in [4.69, 9.17) is 14.5 Å². The Morgan fingerprint density at radius 3 is 2.60 bits per heavy atom. The maximum atomic E-state index is 13.4. The third-order valence-electron chi connectivity index (χ3n) is 5.76. The molecule has 0 aromatic heterocycles. The number of amidine groups is 1. The predicted molar refractivity (Wildman–Crippen MR) is 136 cm³/mol. The van der Waals surface area contributed by atoms with Crippen LogP contribution >= 0.6 is 11.8 Å². The lowest BCUT2D eigenvalue weighted by Gasteiger charge is -2.17. The van der Waals surface area contributed by atoms with Crippen molar-refractivity contribution in [2.75, 3.05) is 6.79 Å². The molecule has 1 atom stereocenters. The van der Waals surface area contributed by atoms with E-state index in [0.29, 0.717) is 29.8 Å². The fourth-order valence-corrected chi connectivity index (χ4v) is 5.02. The summed E-state index contributed by atoms with van der Waals surface area (Å²) in [5, 5.41) is 2.96. The summed E-state index contributed by atoms with van der Waals surface area (Å²) < 4.78 is 10.9. The van der Waals surface area contributed by atoms with Gasteiger partial charge in [-0.1, -0.05) is 65.9 Å². The Bertz CT molecular complexity index is 1260. The number of nitrogens with zero attached hydrogens (tertiary/aromatic N) is 2. The van der Waals surface area contributed by atoms with Gasteiger partial charge in [-0.15, -0.1) is 0 Å². The minimum atomic E-state index is -0.538. The molecular weight excluding hydrogens is 462 g/mol. The zero-order valence-electron chi connectivity index (χ0n) is 19.3. The number of carbonyl (C=O) groups is 2. The molecule has 35 heavy (non-hydrogen) atoms. The number of thioether (sulfide) groups is 1. The molecule has 2 amide bonds. The van der Waals surface area contributed by atoms with Crippen molar-refractivity contribution >= 4 is 34.4 Å². The van der Waals surface area contributed by atoms with Gasteiger partial charge in [-0.05, 0) is 42.3 Å². The van der Waals surface area contributed by atoms with Crippen molar-refractivity contribution in [3.8, 4) is 11.5 Å². The highest BCUT2D eigenvalue weighted by Gasteiger charge is 2.39. The van der Waals surface area contributed by atoms with Crippen LogP contribution in [0.2, 0.25) is 0 Å². The molecule has 0 spiro atoms. The smallest absolute Gasteiger partial charge is 0.242 e. The molecular formula is C27H25N3O4S. The van der Waals surface area contributed by atoms with Crippen LogP contribution < -0.4 is 14.8 Å². The molecule has 2 heterocycles. The largest absolute Gasteiger partial charge is 0.454 e. The first kappa shape index (κ1) is 23.0. The maximum Gasteiger partial charge on any atom is 0.242 e. The highest BCUT2D eigenvalue weighted by molar-refractivity contribution is 8.15. The molecule has 5 rings (SSSR count). The second kappa shape index (κ2) is 10.2. The van der Waals surface area contributed by atoms with E-state index >= 15 is 0 Å². The fourth-order valence-electron chi connectivity index (χ4n) is 3.86. The first-order valence-electron chi connectivity index (χ1n) is 11.4. The van der Waals surface area contributed by atoms with E-state index < -0.39 is 5.25 Å². The molecule has 1 saturated heterocycles. The van der Waals surface area contributed by atoms with Gasteiger partial charge in [-0.2, -0.15) is 0 Å². The Kier molecular flexibility index (Phi) is 6.72. The van der Waals surface area contributed by atoms with Crippen molar-refractivity contribution in [3.05, 3.63) is 89.5 Å². The summed E-state index contributed by atoms with van der Waals surface area (Å²) in [6.45, 7) is 2.96. The molecule has 7 nitrogen and oxygen atoms in total. The molecule has 2 aliphatic heterocycles. The number of aryl methyl sites for hydroxylation is 1. The van der Waals surface area contributed by atoms with Gasteiger partial charge >= 0.3 is 0 Å². The zero-order valence-corrected chi connectivity index (χ0v) is 20.1. The number of amides is 2. The molecule has 178 valence electrons. The van der Waals surface area contributed by atoms with E-state index in [1.54, 1.807) is 4.90 Å². The van der Waals surface area contributed by atoms with Crippen LogP contribution in [0, 0.1) is 6.92 Å². The molecule has 0 radical (unpaired) electrons. The van der Waals surface area contributed by atoms with E-state index in [1.807, 2.05) is 79.7 Å². The Morgan fingerprint density at radius 2 is 1.80 bits per heavy atom. The SMILES string of the molecule is Cc1ccc(N=C2SC(CC(=O)NCc3ccccc3)C(=O)N2Cc2ccc3c(c2)OCO3)cc1. The average Bonchev–Trinajstić information content (AvgIpc) is 3.45. The first-order chi connectivity index (χ1) is 17.0. The molecule has 0 saturated carbocycles. The lowest BCUT2D eigenvalue weighted by atomic mass is 10.1. The second-order valence-electron chi connectivity index (χ2n) is 8.41. The normalized spacial score (nSPS) is 17.7. The molecule has 8 heteroatoms. The molecule has 3 aromatic carbocycles. The van der Waals surface area contributed by atoms with E-state index in [-0.39, 0.29) is 25.0 Å². The molecule has 3 aromatic rings. The van der Waals surface area contributed by atoms with Crippen LogP contribution in [0.4, 0.5) is 5.69 Å². The molecule has 1 N–H and O–H groups in total. The van der Waals surface area contributed by atoms with Gasteiger partial charge in [0.15, 0.2) is 16.7 Å². The first-order valence-corrected chi connectivity index (χ1v) is 12.3. The molecule has 0 aliphatic carbocycles. The number of hydrogen-bond acceptors (Lipinski definition) is 6. The van der Waals surface area contributed by atoms with Crippen LogP contribution in [0.1, 0.15) is 23.1 Å². The van der Waals surface area contributed by atoms with E-state index in [2.05, 4.69) is 5.32 Å². The number of aliphatic imine (C=N–C) groups is 1. The van der Waals surface area contributed by atoms with Crippen LogP contribution in [0.5, 0.6) is 11.5 Å². The third kappa shape index (κ3) is 5.49. The summed E-state index contributed by atoms with van der Waals surface area (Å²) in [4.78, 5) is 32.4. The van der Waals surface area contributed by atoms with Crippen molar-refractivity contribution in [3.63, 3.8) is 0 Å². The van der Waals surface area contributed by atoms with Gasteiger partial charge in [0, 0.05) is 13.0 Å². The van der Waals surface area contributed by atoms with Crippen molar-refractivity contribution < 1.29 is 19.1 Å². The van der Waals surface area contributed by atoms with Gasteiger partial charge in [-0.3, -0.25) is 14.5 Å². The van der Waals surface area contributed by atoms with Crippen LogP contribution in [0.15, 0.2) is 77.8 Å². The number of rotatable bonds is 7. The zero-order chi connectivity index (χ0) is 24.2. The second-order valence-corrected chi connectivity index (χ2v) is 9.58. The molecule has 1 unspecified atom stereocenters. The van der Waals surface area contributed by atoms with Crippen molar-refractivity contribution in [1.29, 1.82) is 0 Å². The van der Waals surface area contributed by atoms with Gasteiger partial charge in [0.2, 0.25) is 18.6 Å². The number of nitrogens with one attached hydrogen (secondary N) is 1. The van der Waals surface area contributed by atoms with E-state index in [1.165, 1.54) is 11.8 Å². The fraction of sp³-hybridized carbons (Fsp3) is 0.222. The number of benzene rings is 3. The highest BCUT2D eigenvalue weighted by Crippen LogP contribution is 2.36.